The summed E-state index contributed by atoms with van der Waals surface area (Å²) in [7, 11) is 0. The molecular formula is C30H34N2O4. The Morgan fingerprint density at radius 2 is 1.75 bits per heavy atom. The molecule has 0 aliphatic carbocycles. The summed E-state index contributed by atoms with van der Waals surface area (Å²) in [6, 6.07) is 17.9. The van der Waals surface area contributed by atoms with Gasteiger partial charge < -0.3 is 19.0 Å². The number of likely N-dealkylation sites (tertiary alicyclic amines) is 1. The minimum Gasteiger partial charge on any atom is -0.486 e. The normalized spacial score (nSPS) is 17.4. The van der Waals surface area contributed by atoms with E-state index in [0.29, 0.717) is 23.8 Å². The van der Waals surface area contributed by atoms with Gasteiger partial charge in [0.05, 0.1) is 6.04 Å². The number of benzene rings is 2. The average Bonchev–Trinajstić information content (AvgIpc) is 3.59. The first-order chi connectivity index (χ1) is 17.4. The predicted octanol–water partition coefficient (Wildman–Crippen LogP) is 5.53. The van der Waals surface area contributed by atoms with Gasteiger partial charge in [0, 0.05) is 25.6 Å². The van der Waals surface area contributed by atoms with Crippen molar-refractivity contribution >= 4 is 11.8 Å². The molecule has 1 fully saturated rings. The predicted molar refractivity (Wildman–Crippen MR) is 138 cm³/mol. The molecule has 2 aromatic carbocycles. The van der Waals surface area contributed by atoms with Gasteiger partial charge in [-0.05, 0) is 67.1 Å². The Hall–Kier alpha value is -3.54. The van der Waals surface area contributed by atoms with Crippen LogP contribution in [-0.4, -0.2) is 41.2 Å². The van der Waals surface area contributed by atoms with Crippen LogP contribution < -0.4 is 4.74 Å². The van der Waals surface area contributed by atoms with E-state index in [1.54, 1.807) is 12.1 Å². The second-order valence-electron chi connectivity index (χ2n) is 10.2. The Bertz CT molecular complexity index is 1240. The summed E-state index contributed by atoms with van der Waals surface area (Å²) in [6.07, 6.45) is 2.91. The van der Waals surface area contributed by atoms with Crippen LogP contribution in [-0.2, 0) is 17.8 Å². The SMILES string of the molecule is Cc1ccc([C@H]2c3cc(OCc4ccc(C(=O)N5CCCC5)o4)ccc3CCN2C(=O)C(C)C)cc1. The molecule has 1 atom stereocenters. The van der Waals surface area contributed by atoms with Crippen LogP contribution in [0.4, 0.5) is 0 Å². The first-order valence-electron chi connectivity index (χ1n) is 12.9. The summed E-state index contributed by atoms with van der Waals surface area (Å²) in [4.78, 5) is 29.6. The van der Waals surface area contributed by atoms with Crippen molar-refractivity contribution in [2.75, 3.05) is 19.6 Å². The molecule has 3 aromatic rings. The summed E-state index contributed by atoms with van der Waals surface area (Å²) >= 11 is 0. The number of nitrogens with zero attached hydrogens (tertiary/aromatic N) is 2. The maximum Gasteiger partial charge on any atom is 0.289 e. The van der Waals surface area contributed by atoms with Crippen LogP contribution in [0, 0.1) is 12.8 Å². The highest BCUT2D eigenvalue weighted by Crippen LogP contribution is 2.38. The van der Waals surface area contributed by atoms with Crippen molar-refractivity contribution in [3.63, 3.8) is 0 Å². The molecule has 0 spiro atoms. The number of hydrogen-bond acceptors (Lipinski definition) is 4. The van der Waals surface area contributed by atoms with Gasteiger partial charge in [-0.25, -0.2) is 0 Å². The van der Waals surface area contributed by atoms with Crippen molar-refractivity contribution < 1.29 is 18.7 Å². The maximum atomic E-state index is 13.2. The van der Waals surface area contributed by atoms with Crippen LogP contribution in [0.15, 0.2) is 59.0 Å². The van der Waals surface area contributed by atoms with Gasteiger partial charge in [0.25, 0.3) is 5.91 Å². The fourth-order valence-corrected chi connectivity index (χ4v) is 5.16. The maximum absolute atomic E-state index is 13.2. The highest BCUT2D eigenvalue weighted by Gasteiger charge is 2.33. The molecule has 6 heteroatoms. The molecule has 1 saturated heterocycles. The van der Waals surface area contributed by atoms with Crippen molar-refractivity contribution in [3.8, 4) is 5.75 Å². The van der Waals surface area contributed by atoms with Gasteiger partial charge in [-0.1, -0.05) is 49.7 Å². The van der Waals surface area contributed by atoms with E-state index in [1.807, 2.05) is 29.7 Å². The molecule has 0 N–H and O–H groups in total. The van der Waals surface area contributed by atoms with E-state index in [1.165, 1.54) is 11.1 Å². The van der Waals surface area contributed by atoms with Gasteiger partial charge in [0.2, 0.25) is 5.91 Å². The molecule has 188 valence electrons. The molecule has 3 heterocycles. The summed E-state index contributed by atoms with van der Waals surface area (Å²) < 4.78 is 11.9. The standard InChI is InChI=1S/C30H34N2O4/c1-20(2)29(33)32-17-14-22-10-11-24(18-26(22)28(32)23-8-6-21(3)7-9-23)35-19-25-12-13-27(36-25)30(34)31-15-4-5-16-31/h6-13,18,20,28H,4-5,14-17,19H2,1-3H3/t28-/m0/s1. The van der Waals surface area contributed by atoms with E-state index in [9.17, 15) is 9.59 Å². The third-order valence-corrected chi connectivity index (χ3v) is 7.16. The molecular weight excluding hydrogens is 452 g/mol. The van der Waals surface area contributed by atoms with E-state index >= 15 is 0 Å². The second-order valence-corrected chi connectivity index (χ2v) is 10.2. The number of aryl methyl sites for hydroxylation is 1. The number of hydrogen-bond donors (Lipinski definition) is 0. The number of fused-ring (bicyclic) bond motifs is 1. The van der Waals surface area contributed by atoms with Gasteiger partial charge in [-0.2, -0.15) is 0 Å². The minimum atomic E-state index is -0.152. The Morgan fingerprint density at radius 3 is 2.47 bits per heavy atom. The molecule has 0 saturated carbocycles. The molecule has 5 rings (SSSR count). The summed E-state index contributed by atoms with van der Waals surface area (Å²) in [5.41, 5.74) is 4.62. The monoisotopic (exact) mass is 486 g/mol. The largest absolute Gasteiger partial charge is 0.486 e. The van der Waals surface area contributed by atoms with Gasteiger partial charge in [-0.3, -0.25) is 9.59 Å². The van der Waals surface area contributed by atoms with Gasteiger partial charge in [0.1, 0.15) is 18.1 Å². The van der Waals surface area contributed by atoms with Crippen LogP contribution in [0.2, 0.25) is 0 Å². The average molecular weight is 487 g/mol. The first-order valence-corrected chi connectivity index (χ1v) is 12.9. The number of ether oxygens (including phenoxy) is 1. The lowest BCUT2D eigenvalue weighted by Crippen LogP contribution is -2.42. The minimum absolute atomic E-state index is 0.0524. The quantitative estimate of drug-likeness (QED) is 0.459. The van der Waals surface area contributed by atoms with Crippen LogP contribution in [0.5, 0.6) is 5.75 Å². The van der Waals surface area contributed by atoms with Gasteiger partial charge in [-0.15, -0.1) is 0 Å². The molecule has 6 nitrogen and oxygen atoms in total. The van der Waals surface area contributed by atoms with Crippen molar-refractivity contribution in [2.24, 2.45) is 5.92 Å². The van der Waals surface area contributed by atoms with Crippen molar-refractivity contribution in [1.29, 1.82) is 0 Å². The topological polar surface area (TPSA) is 63.0 Å². The van der Waals surface area contributed by atoms with E-state index in [-0.39, 0.29) is 30.4 Å². The highest BCUT2D eigenvalue weighted by molar-refractivity contribution is 5.91. The van der Waals surface area contributed by atoms with Crippen molar-refractivity contribution in [2.45, 2.75) is 52.7 Å². The number of amides is 2. The highest BCUT2D eigenvalue weighted by atomic mass is 16.5. The smallest absolute Gasteiger partial charge is 0.289 e. The molecule has 0 bridgehead atoms. The Labute approximate surface area is 212 Å². The second kappa shape index (κ2) is 10.2. The zero-order chi connectivity index (χ0) is 25.2. The molecule has 2 aliphatic rings. The molecule has 1 aromatic heterocycles. The van der Waals surface area contributed by atoms with E-state index in [0.717, 1.165) is 43.5 Å². The summed E-state index contributed by atoms with van der Waals surface area (Å²) in [5.74, 6) is 1.72. The Balaban J connectivity index is 1.37. The Kier molecular flexibility index (Phi) is 6.86. The lowest BCUT2D eigenvalue weighted by Gasteiger charge is -2.39. The third kappa shape index (κ3) is 4.90. The summed E-state index contributed by atoms with van der Waals surface area (Å²) in [5, 5.41) is 0. The Morgan fingerprint density at radius 1 is 1.00 bits per heavy atom. The molecule has 0 radical (unpaired) electrons. The van der Waals surface area contributed by atoms with Crippen LogP contribution in [0.25, 0.3) is 0 Å². The van der Waals surface area contributed by atoms with Crippen molar-refractivity contribution in [1.82, 2.24) is 9.80 Å². The molecule has 36 heavy (non-hydrogen) atoms. The van der Waals surface area contributed by atoms with Gasteiger partial charge in [0.15, 0.2) is 5.76 Å². The number of rotatable bonds is 6. The lowest BCUT2D eigenvalue weighted by atomic mass is 9.87. The van der Waals surface area contributed by atoms with Crippen LogP contribution in [0.3, 0.4) is 0 Å². The number of carbonyl (C=O) groups is 2. The zero-order valence-electron chi connectivity index (χ0n) is 21.3. The molecule has 2 amide bonds. The van der Waals surface area contributed by atoms with E-state index in [2.05, 4.69) is 43.3 Å². The fourth-order valence-electron chi connectivity index (χ4n) is 5.16. The van der Waals surface area contributed by atoms with E-state index < -0.39 is 0 Å². The van der Waals surface area contributed by atoms with Crippen molar-refractivity contribution in [3.05, 3.63) is 88.4 Å². The number of furan rings is 1. The summed E-state index contributed by atoms with van der Waals surface area (Å²) in [6.45, 7) is 8.49. The fraction of sp³-hybridized carbons (Fsp3) is 0.400. The van der Waals surface area contributed by atoms with Crippen LogP contribution >= 0.6 is 0 Å². The van der Waals surface area contributed by atoms with Gasteiger partial charge >= 0.3 is 0 Å². The molecule has 0 unspecified atom stereocenters. The zero-order valence-corrected chi connectivity index (χ0v) is 21.3. The van der Waals surface area contributed by atoms with Crippen LogP contribution in [0.1, 0.15) is 71.3 Å². The number of carbonyl (C=O) groups excluding carboxylic acids is 2. The third-order valence-electron chi connectivity index (χ3n) is 7.16. The molecule has 2 aliphatic heterocycles. The van der Waals surface area contributed by atoms with E-state index in [4.69, 9.17) is 9.15 Å². The lowest BCUT2D eigenvalue weighted by molar-refractivity contribution is -0.136. The first kappa shape index (κ1) is 24.2.